The highest BCUT2D eigenvalue weighted by atomic mass is 15.1. The minimum absolute atomic E-state index is 0. The molecule has 112 valence electrons. The van der Waals surface area contributed by atoms with Gasteiger partial charge in [-0.3, -0.25) is 4.90 Å². The fourth-order valence-corrected chi connectivity index (χ4v) is 3.01. The lowest BCUT2D eigenvalue weighted by Crippen LogP contribution is -2.25. The van der Waals surface area contributed by atoms with E-state index in [1.54, 1.807) is 0 Å². The molecule has 2 aromatic carbocycles. The molecular weight excluding hydrogens is 254 g/mol. The number of rotatable bonds is 3. The van der Waals surface area contributed by atoms with Crippen LogP contribution in [0.2, 0.25) is 0 Å². The van der Waals surface area contributed by atoms with Gasteiger partial charge in [-0.15, -0.1) is 0 Å². The molecule has 0 aliphatic carbocycles. The van der Waals surface area contributed by atoms with Crippen molar-refractivity contribution in [3.8, 4) is 0 Å². The maximum absolute atomic E-state index is 2.58. The fraction of sp³-hybridized carbons (Fsp3) is 0.400. The molecule has 0 aromatic heterocycles. The van der Waals surface area contributed by atoms with Crippen LogP contribution in [0, 0.1) is 0 Å². The summed E-state index contributed by atoms with van der Waals surface area (Å²) in [6, 6.07) is 18.0. The van der Waals surface area contributed by atoms with E-state index in [0.717, 1.165) is 13.0 Å². The van der Waals surface area contributed by atoms with Crippen LogP contribution >= 0.6 is 0 Å². The van der Waals surface area contributed by atoms with Crippen LogP contribution < -0.4 is 0 Å². The summed E-state index contributed by atoms with van der Waals surface area (Å²) in [6.07, 6.45) is 3.49. The molecule has 0 atom stereocenters. The molecule has 3 rings (SSSR count). The van der Waals surface area contributed by atoms with Crippen LogP contribution in [0.4, 0.5) is 0 Å². The summed E-state index contributed by atoms with van der Waals surface area (Å²) in [5.41, 5.74) is 5.94. The van der Waals surface area contributed by atoms with Crippen LogP contribution in [0.15, 0.2) is 48.5 Å². The third-order valence-electron chi connectivity index (χ3n) is 4.35. The van der Waals surface area contributed by atoms with Crippen molar-refractivity contribution in [2.45, 2.75) is 40.2 Å². The summed E-state index contributed by atoms with van der Waals surface area (Å²) in [4.78, 5) is 2.58. The molecule has 1 aliphatic rings. The Morgan fingerprint density at radius 3 is 1.86 bits per heavy atom. The quantitative estimate of drug-likeness (QED) is 0.801. The summed E-state index contributed by atoms with van der Waals surface area (Å²) in [6.45, 7) is 5.64. The van der Waals surface area contributed by atoms with E-state index in [4.69, 9.17) is 0 Å². The van der Waals surface area contributed by atoms with Gasteiger partial charge in [0.1, 0.15) is 0 Å². The first-order valence-corrected chi connectivity index (χ1v) is 7.72. The molecular formula is C20H27N. The molecule has 2 aromatic rings. The first-order chi connectivity index (χ1) is 9.85. The summed E-state index contributed by atoms with van der Waals surface area (Å²) < 4.78 is 0. The Hall–Kier alpha value is -1.60. The molecule has 0 bridgehead atoms. The Bertz CT molecular complexity index is 529. The van der Waals surface area contributed by atoms with Crippen molar-refractivity contribution >= 4 is 0 Å². The highest BCUT2D eigenvalue weighted by molar-refractivity contribution is 5.29. The van der Waals surface area contributed by atoms with Crippen LogP contribution in [-0.2, 0) is 25.8 Å². The lowest BCUT2D eigenvalue weighted by atomic mass is 10.0. The zero-order valence-corrected chi connectivity index (χ0v) is 12.3. The normalized spacial score (nSPS) is 14.9. The smallest absolute Gasteiger partial charge is 0.0233 e. The molecule has 0 spiro atoms. The van der Waals surface area contributed by atoms with Gasteiger partial charge in [0.05, 0.1) is 0 Å². The first kappa shape index (κ1) is 15.8. The van der Waals surface area contributed by atoms with Gasteiger partial charge in [0, 0.05) is 19.6 Å². The van der Waals surface area contributed by atoms with Crippen molar-refractivity contribution < 1.29 is 0 Å². The van der Waals surface area contributed by atoms with E-state index in [0.29, 0.717) is 0 Å². The second-order valence-corrected chi connectivity index (χ2v) is 5.71. The summed E-state index contributed by atoms with van der Waals surface area (Å²) >= 11 is 0. The van der Waals surface area contributed by atoms with Crippen molar-refractivity contribution in [1.82, 2.24) is 4.90 Å². The van der Waals surface area contributed by atoms with E-state index < -0.39 is 0 Å². The largest absolute Gasteiger partial charge is 0.298 e. The Morgan fingerprint density at radius 2 is 1.33 bits per heavy atom. The van der Waals surface area contributed by atoms with Crippen molar-refractivity contribution in [2.75, 3.05) is 13.1 Å². The van der Waals surface area contributed by atoms with Gasteiger partial charge in [-0.2, -0.15) is 0 Å². The number of fused-ring (bicyclic) bond motifs is 1. The molecule has 0 fully saturated rings. The van der Waals surface area contributed by atoms with E-state index in [9.17, 15) is 0 Å². The van der Waals surface area contributed by atoms with Gasteiger partial charge >= 0.3 is 0 Å². The Kier molecular flexibility index (Phi) is 5.58. The SMILES string of the molecule is C.CCc1ccc(CN2CCc3ccccc3CC2)cc1. The molecule has 0 saturated carbocycles. The standard InChI is InChI=1S/C19H23N.CH4/c1-2-16-7-9-17(10-8-16)15-20-13-11-18-5-3-4-6-19(18)12-14-20;/h3-10H,2,11-15H2,1H3;1H4. The lowest BCUT2D eigenvalue weighted by molar-refractivity contribution is 0.279. The minimum atomic E-state index is 0. The third-order valence-corrected chi connectivity index (χ3v) is 4.35. The maximum atomic E-state index is 2.58. The van der Waals surface area contributed by atoms with Crippen LogP contribution in [0.25, 0.3) is 0 Å². The second-order valence-electron chi connectivity index (χ2n) is 5.71. The average Bonchev–Trinajstić information content (AvgIpc) is 2.71. The van der Waals surface area contributed by atoms with Crippen molar-refractivity contribution in [1.29, 1.82) is 0 Å². The molecule has 1 heteroatoms. The summed E-state index contributed by atoms with van der Waals surface area (Å²) in [5.74, 6) is 0. The van der Waals surface area contributed by atoms with Crippen LogP contribution in [0.5, 0.6) is 0 Å². The van der Waals surface area contributed by atoms with Gasteiger partial charge in [0.2, 0.25) is 0 Å². The number of nitrogens with zero attached hydrogens (tertiary/aromatic N) is 1. The highest BCUT2D eigenvalue weighted by Gasteiger charge is 2.13. The summed E-state index contributed by atoms with van der Waals surface area (Å²) in [5, 5.41) is 0. The summed E-state index contributed by atoms with van der Waals surface area (Å²) in [7, 11) is 0. The number of hydrogen-bond donors (Lipinski definition) is 0. The van der Waals surface area contributed by atoms with Gasteiger partial charge in [-0.1, -0.05) is 62.9 Å². The number of hydrogen-bond acceptors (Lipinski definition) is 1. The first-order valence-electron chi connectivity index (χ1n) is 7.72. The van der Waals surface area contributed by atoms with Crippen LogP contribution in [-0.4, -0.2) is 18.0 Å². The lowest BCUT2D eigenvalue weighted by Gasteiger charge is -2.19. The molecule has 0 saturated heterocycles. The second kappa shape index (κ2) is 7.42. The van der Waals surface area contributed by atoms with Crippen molar-refractivity contribution in [3.63, 3.8) is 0 Å². The predicted molar refractivity (Wildman–Crippen MR) is 91.7 cm³/mol. The molecule has 0 N–H and O–H groups in total. The molecule has 0 radical (unpaired) electrons. The molecule has 0 amide bonds. The zero-order valence-electron chi connectivity index (χ0n) is 12.3. The Morgan fingerprint density at radius 1 is 0.810 bits per heavy atom. The van der Waals surface area contributed by atoms with Crippen molar-refractivity contribution in [3.05, 3.63) is 70.8 Å². The average molecular weight is 281 g/mol. The monoisotopic (exact) mass is 281 g/mol. The van der Waals surface area contributed by atoms with Gasteiger partial charge in [0.15, 0.2) is 0 Å². The van der Waals surface area contributed by atoms with Gasteiger partial charge in [-0.05, 0) is 41.5 Å². The van der Waals surface area contributed by atoms with Crippen LogP contribution in [0.1, 0.15) is 36.6 Å². The Labute approximate surface area is 129 Å². The maximum Gasteiger partial charge on any atom is 0.0233 e. The van der Waals surface area contributed by atoms with Crippen molar-refractivity contribution in [2.24, 2.45) is 0 Å². The zero-order chi connectivity index (χ0) is 13.8. The van der Waals surface area contributed by atoms with E-state index >= 15 is 0 Å². The Balaban J connectivity index is 0.00000161. The number of aryl methyl sites for hydroxylation is 1. The predicted octanol–water partition coefficient (Wildman–Crippen LogP) is 4.49. The topological polar surface area (TPSA) is 3.24 Å². The van der Waals surface area contributed by atoms with E-state index in [1.807, 2.05) is 0 Å². The van der Waals surface area contributed by atoms with E-state index in [-0.39, 0.29) is 7.43 Å². The minimum Gasteiger partial charge on any atom is -0.298 e. The molecule has 0 unspecified atom stereocenters. The van der Waals surface area contributed by atoms with E-state index in [2.05, 4.69) is 60.4 Å². The molecule has 1 nitrogen and oxygen atoms in total. The van der Waals surface area contributed by atoms with Gasteiger partial charge in [0.25, 0.3) is 0 Å². The fourth-order valence-electron chi connectivity index (χ4n) is 3.01. The number of benzene rings is 2. The van der Waals surface area contributed by atoms with Gasteiger partial charge in [-0.25, -0.2) is 0 Å². The van der Waals surface area contributed by atoms with Crippen LogP contribution in [0.3, 0.4) is 0 Å². The molecule has 21 heavy (non-hydrogen) atoms. The highest BCUT2D eigenvalue weighted by Crippen LogP contribution is 2.17. The van der Waals surface area contributed by atoms with Gasteiger partial charge < -0.3 is 0 Å². The van der Waals surface area contributed by atoms with E-state index in [1.165, 1.54) is 48.2 Å². The molecule has 1 heterocycles. The third kappa shape index (κ3) is 3.95. The molecule has 1 aliphatic heterocycles.